The molecule has 0 spiro atoms. The summed E-state index contributed by atoms with van der Waals surface area (Å²) in [7, 11) is 1.94. The zero-order chi connectivity index (χ0) is 14.7. The molecule has 2 nitrogen and oxygen atoms in total. The van der Waals surface area contributed by atoms with Crippen molar-refractivity contribution >= 4 is 5.71 Å². The summed E-state index contributed by atoms with van der Waals surface area (Å²) >= 11 is 0. The van der Waals surface area contributed by atoms with E-state index in [9.17, 15) is 4.39 Å². The van der Waals surface area contributed by atoms with Gasteiger partial charge in [-0.15, -0.1) is 0 Å². The van der Waals surface area contributed by atoms with Crippen LogP contribution < -0.4 is 5.32 Å². The molecule has 0 fully saturated rings. The third kappa shape index (κ3) is 2.88. The first-order valence-electron chi connectivity index (χ1n) is 7.35. The van der Waals surface area contributed by atoms with Crippen molar-refractivity contribution in [3.63, 3.8) is 0 Å². The maximum atomic E-state index is 14.2. The molecule has 3 rings (SSSR count). The molecule has 1 unspecified atom stereocenters. The van der Waals surface area contributed by atoms with E-state index >= 15 is 0 Å². The van der Waals surface area contributed by atoms with E-state index in [1.807, 2.05) is 37.4 Å². The smallest absolute Gasteiger partial charge is 0.132 e. The number of nitrogens with zero attached hydrogens (tertiary/aromatic N) is 1. The minimum atomic E-state index is -0.208. The SMILES string of the molecule is CNCCC1Cc2ccccc2C(c2ccccc2F)=N1. The van der Waals surface area contributed by atoms with Crippen molar-refractivity contribution in [1.29, 1.82) is 0 Å². The highest BCUT2D eigenvalue weighted by Crippen LogP contribution is 2.25. The lowest BCUT2D eigenvalue weighted by Gasteiger charge is -2.24. The van der Waals surface area contributed by atoms with E-state index in [0.717, 1.165) is 30.7 Å². The highest BCUT2D eigenvalue weighted by Gasteiger charge is 2.22. The zero-order valence-electron chi connectivity index (χ0n) is 12.1. The molecular formula is C18H19FN2. The first kappa shape index (κ1) is 14.0. The van der Waals surface area contributed by atoms with Crippen molar-refractivity contribution in [1.82, 2.24) is 5.32 Å². The summed E-state index contributed by atoms with van der Waals surface area (Å²) in [5.41, 5.74) is 3.70. The van der Waals surface area contributed by atoms with Crippen LogP contribution in [0.15, 0.2) is 53.5 Å². The largest absolute Gasteiger partial charge is 0.320 e. The predicted molar refractivity (Wildman–Crippen MR) is 84.5 cm³/mol. The molecule has 0 aromatic heterocycles. The first-order valence-corrected chi connectivity index (χ1v) is 7.35. The molecule has 2 aromatic carbocycles. The Balaban J connectivity index is 2.05. The third-order valence-corrected chi connectivity index (χ3v) is 3.90. The average Bonchev–Trinajstić information content (AvgIpc) is 2.52. The molecule has 0 radical (unpaired) electrons. The molecule has 108 valence electrons. The Kier molecular flexibility index (Phi) is 4.11. The minimum absolute atomic E-state index is 0.208. The summed E-state index contributed by atoms with van der Waals surface area (Å²) in [6.45, 7) is 0.918. The van der Waals surface area contributed by atoms with Crippen molar-refractivity contribution in [2.75, 3.05) is 13.6 Å². The fourth-order valence-electron chi connectivity index (χ4n) is 2.83. The lowest BCUT2D eigenvalue weighted by atomic mass is 9.89. The normalized spacial score (nSPS) is 17.2. The molecule has 1 N–H and O–H groups in total. The number of halogens is 1. The Morgan fingerprint density at radius 2 is 1.81 bits per heavy atom. The van der Waals surface area contributed by atoms with Crippen LogP contribution in [0.4, 0.5) is 4.39 Å². The number of hydrogen-bond acceptors (Lipinski definition) is 2. The van der Waals surface area contributed by atoms with Gasteiger partial charge in [-0.2, -0.15) is 0 Å². The Bertz CT molecular complexity index is 664. The highest BCUT2D eigenvalue weighted by atomic mass is 19.1. The Morgan fingerprint density at radius 3 is 2.57 bits per heavy atom. The second-order valence-corrected chi connectivity index (χ2v) is 5.36. The molecule has 0 saturated carbocycles. The second-order valence-electron chi connectivity index (χ2n) is 5.36. The van der Waals surface area contributed by atoms with E-state index in [1.54, 1.807) is 6.07 Å². The molecule has 21 heavy (non-hydrogen) atoms. The van der Waals surface area contributed by atoms with Gasteiger partial charge in [0, 0.05) is 11.1 Å². The predicted octanol–water partition coefficient (Wildman–Crippen LogP) is 3.20. The van der Waals surface area contributed by atoms with E-state index in [1.165, 1.54) is 11.6 Å². The lowest BCUT2D eigenvalue weighted by molar-refractivity contribution is 0.580. The molecule has 3 heteroatoms. The van der Waals surface area contributed by atoms with Gasteiger partial charge in [-0.1, -0.05) is 36.4 Å². The number of fused-ring (bicyclic) bond motifs is 1. The van der Waals surface area contributed by atoms with Crippen LogP contribution in [0.25, 0.3) is 0 Å². The van der Waals surface area contributed by atoms with Crippen molar-refractivity contribution < 1.29 is 4.39 Å². The molecule has 1 heterocycles. The molecule has 1 aliphatic rings. The van der Waals surface area contributed by atoms with Gasteiger partial charge in [0.2, 0.25) is 0 Å². The van der Waals surface area contributed by atoms with Crippen molar-refractivity contribution in [2.45, 2.75) is 18.9 Å². The molecule has 1 aliphatic heterocycles. The minimum Gasteiger partial charge on any atom is -0.320 e. The molecule has 0 saturated heterocycles. The van der Waals surface area contributed by atoms with Crippen LogP contribution in [-0.2, 0) is 6.42 Å². The van der Waals surface area contributed by atoms with Crippen LogP contribution in [0, 0.1) is 5.82 Å². The van der Waals surface area contributed by atoms with Gasteiger partial charge in [0.25, 0.3) is 0 Å². The lowest BCUT2D eigenvalue weighted by Crippen LogP contribution is -2.25. The molecule has 0 aliphatic carbocycles. The fourth-order valence-corrected chi connectivity index (χ4v) is 2.83. The summed E-state index contributed by atoms with van der Waals surface area (Å²) in [6.07, 6.45) is 1.89. The number of benzene rings is 2. The van der Waals surface area contributed by atoms with Crippen LogP contribution in [0.1, 0.15) is 23.1 Å². The Morgan fingerprint density at radius 1 is 1.10 bits per heavy atom. The van der Waals surface area contributed by atoms with E-state index < -0.39 is 0 Å². The number of rotatable bonds is 4. The third-order valence-electron chi connectivity index (χ3n) is 3.90. The van der Waals surface area contributed by atoms with Gasteiger partial charge in [0.15, 0.2) is 0 Å². The van der Waals surface area contributed by atoms with Gasteiger partial charge in [0.1, 0.15) is 5.82 Å². The summed E-state index contributed by atoms with van der Waals surface area (Å²) in [4.78, 5) is 4.83. The maximum absolute atomic E-state index is 14.2. The van der Waals surface area contributed by atoms with Crippen molar-refractivity contribution in [2.24, 2.45) is 4.99 Å². The van der Waals surface area contributed by atoms with E-state index in [-0.39, 0.29) is 11.9 Å². The van der Waals surface area contributed by atoms with Crippen LogP contribution in [-0.4, -0.2) is 25.3 Å². The Labute approximate surface area is 124 Å². The summed E-state index contributed by atoms with van der Waals surface area (Å²) in [6, 6.07) is 15.3. The van der Waals surface area contributed by atoms with Crippen LogP contribution >= 0.6 is 0 Å². The van der Waals surface area contributed by atoms with Gasteiger partial charge >= 0.3 is 0 Å². The van der Waals surface area contributed by atoms with Crippen LogP contribution in [0.3, 0.4) is 0 Å². The highest BCUT2D eigenvalue weighted by molar-refractivity contribution is 6.14. The van der Waals surface area contributed by atoms with Gasteiger partial charge in [-0.25, -0.2) is 4.39 Å². The summed E-state index contributed by atoms with van der Waals surface area (Å²) in [5, 5.41) is 3.16. The molecular weight excluding hydrogens is 263 g/mol. The molecule has 0 bridgehead atoms. The first-order chi connectivity index (χ1) is 10.3. The summed E-state index contributed by atoms with van der Waals surface area (Å²) < 4.78 is 14.2. The monoisotopic (exact) mass is 282 g/mol. The molecule has 0 amide bonds. The van der Waals surface area contributed by atoms with Gasteiger partial charge in [-0.05, 0) is 44.1 Å². The van der Waals surface area contributed by atoms with E-state index in [2.05, 4.69) is 11.4 Å². The molecule has 2 aromatic rings. The number of aliphatic imine (C=N–C) groups is 1. The quantitative estimate of drug-likeness (QED) is 0.915. The van der Waals surface area contributed by atoms with Gasteiger partial charge < -0.3 is 5.32 Å². The molecule has 1 atom stereocenters. The van der Waals surface area contributed by atoms with Crippen LogP contribution in [0.2, 0.25) is 0 Å². The van der Waals surface area contributed by atoms with E-state index in [0.29, 0.717) is 5.56 Å². The second kappa shape index (κ2) is 6.19. The summed E-state index contributed by atoms with van der Waals surface area (Å²) in [5.74, 6) is -0.208. The van der Waals surface area contributed by atoms with E-state index in [4.69, 9.17) is 4.99 Å². The standard InChI is InChI=1S/C18H19FN2/c1-20-11-10-14-12-13-6-2-3-7-15(13)18(21-14)16-8-4-5-9-17(16)19/h2-9,14,20H,10-12H2,1H3. The number of hydrogen-bond donors (Lipinski definition) is 1. The fraction of sp³-hybridized carbons (Fsp3) is 0.278. The van der Waals surface area contributed by atoms with Gasteiger partial charge in [-0.3, -0.25) is 4.99 Å². The van der Waals surface area contributed by atoms with Crippen LogP contribution in [0.5, 0.6) is 0 Å². The van der Waals surface area contributed by atoms with Crippen molar-refractivity contribution in [3.05, 3.63) is 71.0 Å². The topological polar surface area (TPSA) is 24.4 Å². The van der Waals surface area contributed by atoms with Crippen molar-refractivity contribution in [3.8, 4) is 0 Å². The zero-order valence-corrected chi connectivity index (χ0v) is 12.1. The van der Waals surface area contributed by atoms with Gasteiger partial charge in [0.05, 0.1) is 11.8 Å². The number of nitrogens with one attached hydrogen (secondary N) is 1. The maximum Gasteiger partial charge on any atom is 0.132 e. The Hall–Kier alpha value is -2.00. The average molecular weight is 282 g/mol.